The number of hydrogen-bond acceptors (Lipinski definition) is 5. The number of benzene rings is 2. The number of carbonyl (C=O) groups excluding carboxylic acids is 1. The maximum absolute atomic E-state index is 13.8. The van der Waals surface area contributed by atoms with Gasteiger partial charge in [0.15, 0.2) is 0 Å². The topological polar surface area (TPSA) is 74.5 Å². The van der Waals surface area contributed by atoms with Crippen molar-refractivity contribution in [1.29, 1.82) is 0 Å². The number of amides is 2. The second kappa shape index (κ2) is 8.62. The van der Waals surface area contributed by atoms with Crippen LogP contribution in [0.15, 0.2) is 47.0 Å². The number of nitrogens with zero attached hydrogens (tertiary/aromatic N) is 4. The van der Waals surface area contributed by atoms with Crippen LogP contribution in [-0.4, -0.2) is 52.2 Å². The highest BCUT2D eigenvalue weighted by atomic mass is 19.1. The second-order valence-corrected chi connectivity index (χ2v) is 7.54. The van der Waals surface area contributed by atoms with Crippen LogP contribution in [0, 0.1) is 19.7 Å². The van der Waals surface area contributed by atoms with Gasteiger partial charge in [0.1, 0.15) is 5.82 Å². The van der Waals surface area contributed by atoms with Crippen LogP contribution in [0.2, 0.25) is 0 Å². The quantitative estimate of drug-likeness (QED) is 0.709. The van der Waals surface area contributed by atoms with Crippen molar-refractivity contribution in [2.75, 3.05) is 31.5 Å². The van der Waals surface area contributed by atoms with Gasteiger partial charge in [-0.05, 0) is 43.2 Å². The van der Waals surface area contributed by atoms with Crippen LogP contribution in [0.5, 0.6) is 0 Å². The van der Waals surface area contributed by atoms with Crippen molar-refractivity contribution in [3.63, 3.8) is 0 Å². The molecule has 2 amide bonds. The number of nitrogens with one attached hydrogen (secondary N) is 1. The van der Waals surface area contributed by atoms with Crippen molar-refractivity contribution in [2.45, 2.75) is 20.4 Å². The van der Waals surface area contributed by atoms with Crippen LogP contribution < -0.4 is 5.32 Å². The van der Waals surface area contributed by atoms with E-state index in [0.717, 1.165) is 11.3 Å². The Morgan fingerprint density at radius 3 is 2.67 bits per heavy atom. The zero-order valence-corrected chi connectivity index (χ0v) is 17.1. The normalized spacial score (nSPS) is 14.7. The van der Waals surface area contributed by atoms with Crippen molar-refractivity contribution in [3.8, 4) is 11.4 Å². The van der Waals surface area contributed by atoms with Gasteiger partial charge in [-0.15, -0.1) is 0 Å². The van der Waals surface area contributed by atoms with Gasteiger partial charge in [-0.1, -0.05) is 29.4 Å². The minimum atomic E-state index is -0.293. The van der Waals surface area contributed by atoms with E-state index in [-0.39, 0.29) is 11.8 Å². The van der Waals surface area contributed by atoms with E-state index in [9.17, 15) is 9.18 Å². The first-order valence-corrected chi connectivity index (χ1v) is 9.92. The summed E-state index contributed by atoms with van der Waals surface area (Å²) in [6.45, 7) is 6.84. The molecule has 7 nitrogen and oxygen atoms in total. The maximum atomic E-state index is 13.8. The Balaban J connectivity index is 1.30. The van der Waals surface area contributed by atoms with E-state index in [1.165, 1.54) is 6.07 Å². The molecule has 1 fully saturated rings. The Morgan fingerprint density at radius 1 is 1.13 bits per heavy atom. The highest BCUT2D eigenvalue weighted by Gasteiger charge is 2.23. The van der Waals surface area contributed by atoms with Crippen molar-refractivity contribution in [2.24, 2.45) is 0 Å². The monoisotopic (exact) mass is 409 g/mol. The number of hydrogen-bond donors (Lipinski definition) is 1. The number of piperazine rings is 1. The molecule has 1 N–H and O–H groups in total. The molecule has 0 radical (unpaired) electrons. The lowest BCUT2D eigenvalue weighted by Crippen LogP contribution is -2.49. The maximum Gasteiger partial charge on any atom is 0.321 e. The van der Waals surface area contributed by atoms with Crippen molar-refractivity contribution in [3.05, 3.63) is 65.3 Å². The number of urea groups is 1. The smallest absolute Gasteiger partial charge is 0.321 e. The van der Waals surface area contributed by atoms with E-state index >= 15 is 0 Å². The van der Waals surface area contributed by atoms with E-state index in [2.05, 4.69) is 20.4 Å². The third kappa shape index (κ3) is 4.65. The molecule has 0 saturated carbocycles. The second-order valence-electron chi connectivity index (χ2n) is 7.54. The summed E-state index contributed by atoms with van der Waals surface area (Å²) < 4.78 is 19.1. The summed E-state index contributed by atoms with van der Waals surface area (Å²) in [5.74, 6) is 0.558. The van der Waals surface area contributed by atoms with Crippen molar-refractivity contribution >= 4 is 11.7 Å². The van der Waals surface area contributed by atoms with Crippen LogP contribution in [0.4, 0.5) is 14.9 Å². The predicted octanol–water partition coefficient (Wildman–Crippen LogP) is 3.84. The summed E-state index contributed by atoms with van der Waals surface area (Å²) in [5.41, 5.74) is 3.07. The van der Waals surface area contributed by atoms with E-state index in [0.29, 0.717) is 55.6 Å². The third-order valence-electron chi connectivity index (χ3n) is 5.19. The van der Waals surface area contributed by atoms with E-state index < -0.39 is 0 Å². The average molecular weight is 409 g/mol. The summed E-state index contributed by atoms with van der Waals surface area (Å²) in [6, 6.07) is 12.5. The lowest BCUT2D eigenvalue weighted by molar-refractivity contribution is 0.133. The van der Waals surface area contributed by atoms with Gasteiger partial charge in [0, 0.05) is 37.4 Å². The lowest BCUT2D eigenvalue weighted by Gasteiger charge is -2.33. The fourth-order valence-electron chi connectivity index (χ4n) is 3.39. The van der Waals surface area contributed by atoms with Gasteiger partial charge < -0.3 is 14.7 Å². The van der Waals surface area contributed by atoms with E-state index in [1.807, 2.05) is 31.2 Å². The Bertz CT molecular complexity index is 1040. The van der Waals surface area contributed by atoms with E-state index in [1.54, 1.807) is 24.0 Å². The summed E-state index contributed by atoms with van der Waals surface area (Å²) in [4.78, 5) is 20.8. The third-order valence-corrected chi connectivity index (χ3v) is 5.19. The van der Waals surface area contributed by atoms with Crippen LogP contribution in [-0.2, 0) is 6.54 Å². The van der Waals surface area contributed by atoms with Gasteiger partial charge in [-0.25, -0.2) is 9.18 Å². The molecule has 1 aliphatic heterocycles. The van der Waals surface area contributed by atoms with Gasteiger partial charge in [-0.2, -0.15) is 4.98 Å². The first-order valence-electron chi connectivity index (χ1n) is 9.92. The zero-order chi connectivity index (χ0) is 21.1. The molecule has 0 aliphatic carbocycles. The molecule has 1 aliphatic rings. The summed E-state index contributed by atoms with van der Waals surface area (Å²) in [7, 11) is 0. The molecule has 4 rings (SSSR count). The molecule has 0 atom stereocenters. The minimum absolute atomic E-state index is 0.0956. The minimum Gasteiger partial charge on any atom is -0.338 e. The van der Waals surface area contributed by atoms with Gasteiger partial charge in [0.25, 0.3) is 0 Å². The number of anilines is 1. The number of carbonyl (C=O) groups is 1. The molecule has 1 aromatic heterocycles. The van der Waals surface area contributed by atoms with Crippen LogP contribution in [0.3, 0.4) is 0 Å². The van der Waals surface area contributed by atoms with Crippen molar-refractivity contribution in [1.82, 2.24) is 19.9 Å². The number of aromatic nitrogens is 2. The summed E-state index contributed by atoms with van der Waals surface area (Å²) >= 11 is 0. The van der Waals surface area contributed by atoms with Gasteiger partial charge in [0.2, 0.25) is 11.7 Å². The summed E-state index contributed by atoms with van der Waals surface area (Å²) in [5, 5.41) is 6.91. The van der Waals surface area contributed by atoms with Gasteiger partial charge in [0.05, 0.1) is 6.54 Å². The molecular weight excluding hydrogens is 385 g/mol. The molecule has 0 bridgehead atoms. The molecule has 8 heteroatoms. The Kier molecular flexibility index (Phi) is 5.76. The summed E-state index contributed by atoms with van der Waals surface area (Å²) in [6.07, 6.45) is 0. The number of rotatable bonds is 4. The number of aryl methyl sites for hydroxylation is 2. The van der Waals surface area contributed by atoms with Crippen LogP contribution in [0.1, 0.15) is 17.0 Å². The van der Waals surface area contributed by atoms with Crippen LogP contribution >= 0.6 is 0 Å². The fraction of sp³-hybridized carbons (Fsp3) is 0.318. The molecule has 30 heavy (non-hydrogen) atoms. The van der Waals surface area contributed by atoms with E-state index in [4.69, 9.17) is 4.52 Å². The highest BCUT2D eigenvalue weighted by molar-refractivity contribution is 5.89. The molecule has 0 spiro atoms. The molecule has 2 aromatic carbocycles. The molecule has 156 valence electrons. The molecule has 1 saturated heterocycles. The molecule has 2 heterocycles. The van der Waals surface area contributed by atoms with Crippen LogP contribution in [0.25, 0.3) is 11.4 Å². The Hall–Kier alpha value is -3.26. The average Bonchev–Trinajstić information content (AvgIpc) is 3.19. The Labute approximate surface area is 174 Å². The van der Waals surface area contributed by atoms with Gasteiger partial charge in [-0.3, -0.25) is 4.90 Å². The molecular formula is C22H24FN5O2. The number of halogens is 1. The van der Waals surface area contributed by atoms with Crippen molar-refractivity contribution < 1.29 is 13.7 Å². The Morgan fingerprint density at radius 2 is 1.93 bits per heavy atom. The SMILES string of the molecule is Cc1cccc(NC(=O)N2CCN(Cc3nc(-c4ccc(C)c(F)c4)no3)CC2)c1. The molecule has 3 aromatic rings. The highest BCUT2D eigenvalue weighted by Crippen LogP contribution is 2.20. The first-order chi connectivity index (χ1) is 14.5. The first kappa shape index (κ1) is 20.0. The zero-order valence-electron chi connectivity index (χ0n) is 17.1. The lowest BCUT2D eigenvalue weighted by atomic mass is 10.1. The fourth-order valence-corrected chi connectivity index (χ4v) is 3.39. The van der Waals surface area contributed by atoms with Gasteiger partial charge >= 0.3 is 6.03 Å². The predicted molar refractivity (Wildman–Crippen MR) is 111 cm³/mol. The standard InChI is InChI=1S/C22H24FN5O2/c1-15-4-3-5-18(12-15)24-22(29)28-10-8-27(9-11-28)14-20-25-21(26-30-20)17-7-6-16(2)19(23)13-17/h3-7,12-13H,8-11,14H2,1-2H3,(H,24,29). The largest absolute Gasteiger partial charge is 0.338 e. The molecule has 0 unspecified atom stereocenters.